The third-order valence-corrected chi connectivity index (χ3v) is 7.75. The first-order valence-corrected chi connectivity index (χ1v) is 13.4. The highest BCUT2D eigenvalue weighted by Crippen LogP contribution is 2.42. The van der Waals surface area contributed by atoms with E-state index in [9.17, 15) is 14.3 Å². The van der Waals surface area contributed by atoms with E-state index in [0.717, 1.165) is 64.6 Å². The smallest absolute Gasteiger partial charge is 0.335 e. The molecule has 0 radical (unpaired) electrons. The first kappa shape index (κ1) is 25.9. The van der Waals surface area contributed by atoms with Gasteiger partial charge in [0.1, 0.15) is 0 Å². The number of aryl methyl sites for hydroxylation is 1. The van der Waals surface area contributed by atoms with Crippen LogP contribution in [0.3, 0.4) is 0 Å². The molecule has 0 aromatic heterocycles. The van der Waals surface area contributed by atoms with Gasteiger partial charge < -0.3 is 10.0 Å². The van der Waals surface area contributed by atoms with Gasteiger partial charge in [-0.2, -0.15) is 0 Å². The highest BCUT2D eigenvalue weighted by atomic mass is 35.5. The standard InChI is InChI=1S/C31H30Cl2FNO2.ClH/c32-25-10-12-27(29(33)17-25)28-4-1-3-23-16-24(31(36)37)9-11-26(23)30(28)22-7-5-20(6-8-22)15-21-18-35(19-21)14-2-13-34;/h5-12,16-17,21H,1-4,13-15,18-19H2,(H,36,37);1H/i14D2;. The second-order valence-electron chi connectivity index (χ2n) is 9.78. The van der Waals surface area contributed by atoms with Crippen LogP contribution in [0.15, 0.2) is 60.7 Å². The lowest BCUT2D eigenvalue weighted by Crippen LogP contribution is -2.47. The van der Waals surface area contributed by atoms with Crippen molar-refractivity contribution < 1.29 is 17.0 Å². The van der Waals surface area contributed by atoms with Gasteiger partial charge in [-0.15, -0.1) is 12.4 Å². The van der Waals surface area contributed by atoms with Crippen LogP contribution < -0.4 is 0 Å². The van der Waals surface area contributed by atoms with Crippen LogP contribution in [0.5, 0.6) is 0 Å². The summed E-state index contributed by atoms with van der Waals surface area (Å²) in [5.41, 5.74) is 7.56. The Kier molecular flexibility index (Phi) is 8.62. The third-order valence-electron chi connectivity index (χ3n) is 7.21. The minimum absolute atomic E-state index is 0. The summed E-state index contributed by atoms with van der Waals surface area (Å²) < 4.78 is 28.7. The lowest BCUT2D eigenvalue weighted by molar-refractivity contribution is 0.0696. The molecule has 2 aliphatic rings. The maximum Gasteiger partial charge on any atom is 0.335 e. The molecule has 0 bridgehead atoms. The number of benzene rings is 3. The second-order valence-corrected chi connectivity index (χ2v) is 10.6. The van der Waals surface area contributed by atoms with Gasteiger partial charge in [0.25, 0.3) is 0 Å². The molecular weight excluding hydrogens is 544 g/mol. The van der Waals surface area contributed by atoms with Crippen molar-refractivity contribution in [1.82, 2.24) is 4.90 Å². The Morgan fingerprint density at radius 1 is 1.03 bits per heavy atom. The van der Waals surface area contributed by atoms with Crippen LogP contribution in [-0.2, 0) is 12.8 Å². The number of fused-ring (bicyclic) bond motifs is 1. The molecule has 5 rings (SSSR count). The molecule has 7 heteroatoms. The molecule has 0 atom stereocenters. The predicted octanol–water partition coefficient (Wildman–Crippen LogP) is 8.24. The highest BCUT2D eigenvalue weighted by Gasteiger charge is 2.26. The molecule has 0 amide bonds. The van der Waals surface area contributed by atoms with Crippen molar-refractivity contribution >= 4 is 52.7 Å². The number of hydrogen-bond acceptors (Lipinski definition) is 2. The Balaban J connectivity index is 0.00000370. The van der Waals surface area contributed by atoms with Gasteiger partial charge in [-0.1, -0.05) is 59.6 Å². The molecule has 1 aliphatic carbocycles. The molecular formula is C31H31Cl3FNO2. The predicted molar refractivity (Wildman–Crippen MR) is 157 cm³/mol. The van der Waals surface area contributed by atoms with Gasteiger partial charge in [0.05, 0.1) is 12.2 Å². The number of aromatic carboxylic acids is 1. The number of nitrogens with zero attached hydrogens (tertiary/aromatic N) is 1. The van der Waals surface area contributed by atoms with Crippen LogP contribution in [-0.4, -0.2) is 42.2 Å². The van der Waals surface area contributed by atoms with Crippen LogP contribution >= 0.6 is 35.6 Å². The number of carboxylic acid groups (broad SMARTS) is 1. The van der Waals surface area contributed by atoms with Crippen molar-refractivity contribution in [2.45, 2.75) is 32.1 Å². The van der Waals surface area contributed by atoms with Gasteiger partial charge in [0.15, 0.2) is 0 Å². The largest absolute Gasteiger partial charge is 0.478 e. The normalized spacial score (nSPS) is 17.0. The SMILES string of the molecule is Cl.[2H]C([2H])(CCF)N1CC(Cc2ccc(C3=C(c4ccc(Cl)cc4Cl)CCCc4cc(C(=O)O)ccc43)cc2)C1. The minimum atomic E-state index is -1.59. The molecule has 1 fully saturated rings. The molecule has 1 aliphatic heterocycles. The van der Waals surface area contributed by atoms with E-state index in [-0.39, 0.29) is 24.4 Å². The van der Waals surface area contributed by atoms with Crippen molar-refractivity contribution in [1.29, 1.82) is 0 Å². The van der Waals surface area contributed by atoms with Crippen molar-refractivity contribution in [3.05, 3.63) is 104 Å². The van der Waals surface area contributed by atoms with E-state index in [0.29, 0.717) is 29.1 Å². The van der Waals surface area contributed by atoms with Crippen molar-refractivity contribution in [2.24, 2.45) is 5.92 Å². The summed E-state index contributed by atoms with van der Waals surface area (Å²) in [5, 5.41) is 10.7. The maximum atomic E-state index is 12.7. The zero-order valence-electron chi connectivity index (χ0n) is 22.9. The van der Waals surface area contributed by atoms with Crippen molar-refractivity contribution in [2.75, 3.05) is 26.3 Å². The quantitative estimate of drug-likeness (QED) is 0.294. The molecule has 3 aromatic rings. The zero-order valence-corrected chi connectivity index (χ0v) is 23.2. The van der Waals surface area contributed by atoms with Crippen LogP contribution in [0.25, 0.3) is 11.1 Å². The van der Waals surface area contributed by atoms with E-state index in [1.165, 1.54) is 0 Å². The molecule has 1 heterocycles. The first-order valence-electron chi connectivity index (χ1n) is 13.6. The van der Waals surface area contributed by atoms with Gasteiger partial charge in [-0.05, 0) is 101 Å². The second kappa shape index (κ2) is 12.7. The molecule has 0 spiro atoms. The van der Waals surface area contributed by atoms with Crippen LogP contribution in [0, 0.1) is 5.92 Å². The number of alkyl halides is 1. The molecule has 0 unspecified atom stereocenters. The van der Waals surface area contributed by atoms with E-state index in [1.54, 1.807) is 23.1 Å². The first-order chi connectivity index (χ1) is 18.7. The number of carboxylic acids is 1. The molecule has 1 saturated heterocycles. The lowest BCUT2D eigenvalue weighted by Gasteiger charge is -2.39. The van der Waals surface area contributed by atoms with Gasteiger partial charge in [0, 0.05) is 32.4 Å². The average molecular weight is 577 g/mol. The fraction of sp³-hybridized carbons (Fsp3) is 0.323. The van der Waals surface area contributed by atoms with E-state index < -0.39 is 19.1 Å². The summed E-state index contributed by atoms with van der Waals surface area (Å²) in [4.78, 5) is 13.4. The lowest BCUT2D eigenvalue weighted by atomic mass is 9.86. The number of halogens is 4. The van der Waals surface area contributed by atoms with E-state index in [4.69, 9.17) is 25.9 Å². The Morgan fingerprint density at radius 3 is 2.45 bits per heavy atom. The van der Waals surface area contributed by atoms with Gasteiger partial charge in [0.2, 0.25) is 0 Å². The van der Waals surface area contributed by atoms with Gasteiger partial charge in [-0.25, -0.2) is 4.79 Å². The minimum Gasteiger partial charge on any atom is -0.478 e. The fourth-order valence-electron chi connectivity index (χ4n) is 5.42. The number of carbonyl (C=O) groups is 1. The number of hydrogen-bond donors (Lipinski definition) is 1. The molecule has 3 nitrogen and oxygen atoms in total. The summed E-state index contributed by atoms with van der Waals surface area (Å²) in [6.45, 7) is -0.999. The van der Waals surface area contributed by atoms with E-state index in [1.807, 2.05) is 18.2 Å². The molecule has 200 valence electrons. The number of allylic oxidation sites excluding steroid dienone is 1. The van der Waals surface area contributed by atoms with Crippen molar-refractivity contribution in [3.8, 4) is 0 Å². The summed E-state index contributed by atoms with van der Waals surface area (Å²) in [5.74, 6) is -0.605. The van der Waals surface area contributed by atoms with Gasteiger partial charge >= 0.3 is 5.97 Å². The summed E-state index contributed by atoms with van der Waals surface area (Å²) in [6, 6.07) is 19.3. The number of rotatable bonds is 8. The van der Waals surface area contributed by atoms with Crippen molar-refractivity contribution in [3.63, 3.8) is 0 Å². The fourth-order valence-corrected chi connectivity index (χ4v) is 5.95. The van der Waals surface area contributed by atoms with Gasteiger partial charge in [-0.3, -0.25) is 4.39 Å². The Hall–Kier alpha value is -2.37. The summed E-state index contributed by atoms with van der Waals surface area (Å²) in [7, 11) is 0. The molecule has 38 heavy (non-hydrogen) atoms. The maximum absolute atomic E-state index is 12.7. The molecule has 0 saturated carbocycles. The highest BCUT2D eigenvalue weighted by molar-refractivity contribution is 6.36. The van der Waals surface area contributed by atoms with Crippen LogP contribution in [0.1, 0.15) is 60.2 Å². The monoisotopic (exact) mass is 575 g/mol. The number of likely N-dealkylation sites (tertiary alicyclic amines) is 1. The Morgan fingerprint density at radius 2 is 1.76 bits per heavy atom. The summed E-state index contributed by atoms with van der Waals surface area (Å²) in [6.07, 6.45) is 3.14. The topological polar surface area (TPSA) is 40.5 Å². The third kappa shape index (κ3) is 6.26. The Labute approximate surface area is 242 Å². The van der Waals surface area contributed by atoms with Crippen LogP contribution in [0.4, 0.5) is 4.39 Å². The molecule has 3 aromatic carbocycles. The van der Waals surface area contributed by atoms with E-state index >= 15 is 0 Å². The Bertz CT molecular complexity index is 1420. The van der Waals surface area contributed by atoms with Crippen LogP contribution in [0.2, 0.25) is 10.0 Å². The average Bonchev–Trinajstić information content (AvgIpc) is 3.05. The molecule has 1 N–H and O–H groups in total. The zero-order chi connectivity index (χ0) is 27.7. The summed E-state index contributed by atoms with van der Waals surface area (Å²) >= 11 is 12.9. The van der Waals surface area contributed by atoms with E-state index in [2.05, 4.69) is 24.3 Å².